The number of hydrogen-bond acceptors (Lipinski definition) is 6. The fourth-order valence-corrected chi connectivity index (χ4v) is 6.58. The van der Waals surface area contributed by atoms with Crippen molar-refractivity contribution in [2.75, 3.05) is 24.6 Å². The Morgan fingerprint density at radius 2 is 2.17 bits per heavy atom. The number of aryl methyl sites for hydroxylation is 1. The summed E-state index contributed by atoms with van der Waals surface area (Å²) in [5.41, 5.74) is 2.84. The molecule has 2 aliphatic rings. The van der Waals surface area contributed by atoms with Gasteiger partial charge in [0.15, 0.2) is 0 Å². The van der Waals surface area contributed by atoms with Crippen molar-refractivity contribution >= 4 is 33.1 Å². The van der Waals surface area contributed by atoms with E-state index in [1.54, 1.807) is 28.5 Å². The molecule has 0 saturated carbocycles. The maximum Gasteiger partial charge on any atom is 0.262 e. The summed E-state index contributed by atoms with van der Waals surface area (Å²) in [6.45, 7) is 2.51. The number of amides is 1. The van der Waals surface area contributed by atoms with Crippen molar-refractivity contribution < 1.29 is 14.3 Å². The normalized spacial score (nSPS) is 16.8. The molecule has 0 unspecified atom stereocenters. The molecule has 7 nitrogen and oxygen atoms in total. The Hall–Kier alpha value is -3.58. The number of aromatic nitrogens is 3. The Kier molecular flexibility index (Phi) is 7.91. The summed E-state index contributed by atoms with van der Waals surface area (Å²) in [7, 11) is 0. The molecule has 0 bridgehead atoms. The number of nitrogens with zero attached hydrogens (tertiary/aromatic N) is 4. The van der Waals surface area contributed by atoms with Crippen LogP contribution < -0.4 is 10.2 Å². The number of fused-ring (bicyclic) bond motifs is 2. The standard InChI is InChI=1S/C31H32FN5O2S/c32-27-17-21(26-20-35-36-15-4-3-9-28(26)36)10-11-24(27)31(39)37(22-7-6-13-33-19-22)30-25-18-23(8-2-1-5-16-38)40-29(25)12-14-34-30/h10-12,14,17-18,20,22,33,38H,1,3-7,9,13,15-16,19H2/t22-/m1/s1. The second-order valence-corrected chi connectivity index (χ2v) is 11.4. The molecular weight excluding hydrogens is 525 g/mol. The molecule has 9 heteroatoms. The average Bonchev–Trinajstić information content (AvgIpc) is 3.61. The zero-order valence-corrected chi connectivity index (χ0v) is 23.1. The van der Waals surface area contributed by atoms with E-state index in [9.17, 15) is 4.79 Å². The fourth-order valence-electron chi connectivity index (χ4n) is 5.66. The van der Waals surface area contributed by atoms with E-state index < -0.39 is 11.7 Å². The molecule has 6 rings (SSSR count). The Labute approximate surface area is 237 Å². The average molecular weight is 558 g/mol. The Morgan fingerprint density at radius 1 is 1.25 bits per heavy atom. The van der Waals surface area contributed by atoms with Gasteiger partial charge in [0.25, 0.3) is 5.91 Å². The molecule has 2 aliphatic heterocycles. The first-order chi connectivity index (χ1) is 19.6. The van der Waals surface area contributed by atoms with Crippen LogP contribution in [-0.2, 0) is 13.0 Å². The number of hydrogen-bond donors (Lipinski definition) is 2. The number of carbonyl (C=O) groups is 1. The highest BCUT2D eigenvalue weighted by atomic mass is 32.1. The number of carbonyl (C=O) groups excluding carboxylic acids is 1. The lowest BCUT2D eigenvalue weighted by atomic mass is 9.99. The van der Waals surface area contributed by atoms with Crippen LogP contribution in [0.3, 0.4) is 0 Å². The van der Waals surface area contributed by atoms with Gasteiger partial charge in [0.05, 0.1) is 22.7 Å². The summed E-state index contributed by atoms with van der Waals surface area (Å²) in [6.07, 6.45) is 9.61. The molecule has 3 aromatic heterocycles. The number of nitrogens with one attached hydrogen (secondary N) is 1. The lowest BCUT2D eigenvalue weighted by Gasteiger charge is -2.34. The van der Waals surface area contributed by atoms with E-state index >= 15 is 4.39 Å². The molecule has 0 radical (unpaired) electrons. The highest BCUT2D eigenvalue weighted by Gasteiger charge is 2.32. The van der Waals surface area contributed by atoms with Gasteiger partial charge in [-0.25, -0.2) is 9.37 Å². The Balaban J connectivity index is 1.37. The first kappa shape index (κ1) is 26.6. The van der Waals surface area contributed by atoms with Crippen molar-refractivity contribution in [3.8, 4) is 23.0 Å². The SMILES string of the molecule is O=C(c1ccc(-c2cnn3c2CCCC3)cc1F)N(c1nccc2sc(C#CCCCO)cc12)[C@@H]1CCCNC1. The third-order valence-electron chi connectivity index (χ3n) is 7.67. The van der Waals surface area contributed by atoms with Crippen molar-refractivity contribution in [2.45, 2.75) is 57.5 Å². The van der Waals surface area contributed by atoms with E-state index in [-0.39, 0.29) is 18.2 Å². The van der Waals surface area contributed by atoms with Crippen LogP contribution in [0, 0.1) is 17.7 Å². The first-order valence-corrected chi connectivity index (χ1v) is 14.8. The van der Waals surface area contributed by atoms with Crippen LogP contribution in [0.5, 0.6) is 0 Å². The summed E-state index contributed by atoms with van der Waals surface area (Å²) in [5.74, 6) is 5.87. The summed E-state index contributed by atoms with van der Waals surface area (Å²) in [4.78, 5) is 21.4. The predicted octanol–water partition coefficient (Wildman–Crippen LogP) is 5.16. The number of unbranched alkanes of at least 4 members (excludes halogenated alkanes) is 1. The van der Waals surface area contributed by atoms with Gasteiger partial charge in [-0.3, -0.25) is 14.4 Å². The van der Waals surface area contributed by atoms with Crippen molar-refractivity contribution in [1.29, 1.82) is 0 Å². The van der Waals surface area contributed by atoms with Crippen molar-refractivity contribution in [3.05, 3.63) is 64.7 Å². The zero-order chi connectivity index (χ0) is 27.5. The van der Waals surface area contributed by atoms with Gasteiger partial charge in [-0.15, -0.1) is 11.3 Å². The number of benzene rings is 1. The van der Waals surface area contributed by atoms with Gasteiger partial charge in [-0.1, -0.05) is 17.9 Å². The maximum atomic E-state index is 15.7. The number of halogens is 1. The van der Waals surface area contributed by atoms with Gasteiger partial charge in [0.2, 0.25) is 0 Å². The van der Waals surface area contributed by atoms with Crippen LogP contribution >= 0.6 is 11.3 Å². The van der Waals surface area contributed by atoms with E-state index in [1.807, 2.05) is 29.1 Å². The van der Waals surface area contributed by atoms with Crippen LogP contribution in [0.2, 0.25) is 0 Å². The molecule has 0 spiro atoms. The molecule has 2 N–H and O–H groups in total. The summed E-state index contributed by atoms with van der Waals surface area (Å²) >= 11 is 1.54. The molecule has 0 aliphatic carbocycles. The Morgan fingerprint density at radius 3 is 3.00 bits per heavy atom. The van der Waals surface area contributed by atoms with Gasteiger partial charge in [0.1, 0.15) is 11.6 Å². The van der Waals surface area contributed by atoms with Crippen LogP contribution in [0.4, 0.5) is 10.2 Å². The van der Waals surface area contributed by atoms with Crippen LogP contribution in [0.25, 0.3) is 21.2 Å². The van der Waals surface area contributed by atoms with Crippen LogP contribution in [0.1, 0.15) is 59.5 Å². The van der Waals surface area contributed by atoms with E-state index in [0.29, 0.717) is 25.2 Å². The molecule has 1 aromatic carbocycles. The molecule has 1 fully saturated rings. The molecule has 5 heterocycles. The van der Waals surface area contributed by atoms with Gasteiger partial charge >= 0.3 is 0 Å². The van der Waals surface area contributed by atoms with Gasteiger partial charge in [-0.2, -0.15) is 5.10 Å². The van der Waals surface area contributed by atoms with E-state index in [4.69, 9.17) is 5.11 Å². The highest BCUT2D eigenvalue weighted by Crippen LogP contribution is 2.35. The predicted molar refractivity (Wildman–Crippen MR) is 156 cm³/mol. The van der Waals surface area contributed by atoms with Gasteiger partial charge in [0, 0.05) is 53.7 Å². The largest absolute Gasteiger partial charge is 0.396 e. The number of aliphatic hydroxyl groups is 1. The summed E-state index contributed by atoms with van der Waals surface area (Å²) in [6, 6.07) is 8.64. The maximum absolute atomic E-state index is 15.7. The van der Waals surface area contributed by atoms with E-state index in [0.717, 1.165) is 77.0 Å². The van der Waals surface area contributed by atoms with E-state index in [1.165, 1.54) is 6.07 Å². The second-order valence-electron chi connectivity index (χ2n) is 10.3. The number of anilines is 1. The quantitative estimate of drug-likeness (QED) is 0.253. The molecular formula is C31H32FN5O2S. The van der Waals surface area contributed by atoms with Crippen LogP contribution in [-0.4, -0.2) is 51.5 Å². The fraction of sp³-hybridized carbons (Fsp3) is 0.387. The molecule has 206 valence electrons. The zero-order valence-electron chi connectivity index (χ0n) is 22.3. The van der Waals surface area contributed by atoms with Crippen molar-refractivity contribution in [3.63, 3.8) is 0 Å². The van der Waals surface area contributed by atoms with Gasteiger partial charge in [-0.05, 0) is 74.9 Å². The lowest BCUT2D eigenvalue weighted by molar-refractivity contribution is 0.0968. The number of piperidine rings is 1. The third-order valence-corrected chi connectivity index (χ3v) is 8.69. The molecule has 4 aromatic rings. The molecule has 1 atom stereocenters. The smallest absolute Gasteiger partial charge is 0.262 e. The number of aliphatic hydroxyl groups excluding tert-OH is 1. The Bertz CT molecular complexity index is 1590. The minimum absolute atomic E-state index is 0.0356. The monoisotopic (exact) mass is 557 g/mol. The second kappa shape index (κ2) is 11.9. The molecule has 1 saturated heterocycles. The molecule has 1 amide bonds. The van der Waals surface area contributed by atoms with Crippen molar-refractivity contribution in [2.24, 2.45) is 0 Å². The summed E-state index contributed by atoms with van der Waals surface area (Å²) < 4.78 is 18.7. The minimum Gasteiger partial charge on any atom is -0.396 e. The van der Waals surface area contributed by atoms with E-state index in [2.05, 4.69) is 27.2 Å². The number of pyridine rings is 1. The lowest BCUT2D eigenvalue weighted by Crippen LogP contribution is -2.49. The third kappa shape index (κ3) is 5.27. The minimum atomic E-state index is -0.542. The topological polar surface area (TPSA) is 83.3 Å². The molecule has 40 heavy (non-hydrogen) atoms. The number of thiophene rings is 1. The van der Waals surface area contributed by atoms with Crippen LogP contribution in [0.15, 0.2) is 42.7 Å². The van der Waals surface area contributed by atoms with Crippen molar-refractivity contribution in [1.82, 2.24) is 20.1 Å². The number of rotatable bonds is 6. The first-order valence-electron chi connectivity index (χ1n) is 14.0. The summed E-state index contributed by atoms with van der Waals surface area (Å²) in [5, 5.41) is 17.7. The van der Waals surface area contributed by atoms with Gasteiger partial charge < -0.3 is 10.4 Å². The highest BCUT2D eigenvalue weighted by molar-refractivity contribution is 7.19.